The summed E-state index contributed by atoms with van der Waals surface area (Å²) in [6.07, 6.45) is -3.73. The molecule has 152 valence electrons. The summed E-state index contributed by atoms with van der Waals surface area (Å²) in [7, 11) is 0. The van der Waals surface area contributed by atoms with Gasteiger partial charge in [-0.2, -0.15) is 13.2 Å². The molecule has 0 radical (unpaired) electrons. The van der Waals surface area contributed by atoms with Gasteiger partial charge in [0.05, 0.1) is 10.7 Å². The molecule has 0 spiro atoms. The molecule has 3 rings (SSSR count). The molecule has 0 bridgehead atoms. The molecule has 1 aromatic carbocycles. The van der Waals surface area contributed by atoms with Crippen molar-refractivity contribution in [2.45, 2.75) is 6.18 Å². The number of benzene rings is 1. The number of hydrogen-bond acceptors (Lipinski definition) is 5. The molecule has 2 aromatic heterocycles. The van der Waals surface area contributed by atoms with Crippen molar-refractivity contribution in [3.63, 3.8) is 0 Å². The first-order chi connectivity index (χ1) is 13.5. The van der Waals surface area contributed by atoms with Gasteiger partial charge in [-0.15, -0.1) is 0 Å². The van der Waals surface area contributed by atoms with Crippen molar-refractivity contribution in [3.8, 4) is 17.3 Å². The lowest BCUT2D eigenvalue weighted by Gasteiger charge is -2.15. The molecule has 0 aliphatic rings. The second-order valence-electron chi connectivity index (χ2n) is 5.48. The highest BCUT2D eigenvalue weighted by Crippen LogP contribution is 2.34. The molecule has 0 atom stereocenters. The van der Waals surface area contributed by atoms with Crippen molar-refractivity contribution in [3.05, 3.63) is 78.9 Å². The molecule has 0 aliphatic heterocycles. The molecule has 29 heavy (non-hydrogen) atoms. The Kier molecular flexibility index (Phi) is 5.28. The van der Waals surface area contributed by atoms with E-state index in [2.05, 4.69) is 4.98 Å². The Morgan fingerprint density at radius 2 is 1.79 bits per heavy atom. The summed E-state index contributed by atoms with van der Waals surface area (Å²) in [4.78, 5) is 28.2. The highest BCUT2D eigenvalue weighted by molar-refractivity contribution is 6.32. The summed E-state index contributed by atoms with van der Waals surface area (Å²) in [6, 6.07) is 4.55. The maximum atomic E-state index is 14.4. The quantitative estimate of drug-likeness (QED) is 0.487. The van der Waals surface area contributed by atoms with Gasteiger partial charge in [0, 0.05) is 18.3 Å². The van der Waals surface area contributed by atoms with Crippen LogP contribution < -0.4 is 21.8 Å². The zero-order chi connectivity index (χ0) is 21.5. The molecule has 0 fully saturated rings. The van der Waals surface area contributed by atoms with Crippen molar-refractivity contribution in [1.29, 1.82) is 0 Å². The number of nitrogens with two attached hydrogens (primary N) is 1. The predicted molar refractivity (Wildman–Crippen MR) is 95.7 cm³/mol. The highest BCUT2D eigenvalue weighted by Gasteiger charge is 2.36. The van der Waals surface area contributed by atoms with Gasteiger partial charge in [0.1, 0.15) is 16.6 Å². The van der Waals surface area contributed by atoms with Gasteiger partial charge in [-0.1, -0.05) is 23.2 Å². The lowest BCUT2D eigenvalue weighted by molar-refractivity contribution is -0.143. The fourth-order valence-corrected chi connectivity index (χ4v) is 2.66. The number of hydrogen-bond donors (Lipinski definition) is 1. The Bertz CT molecular complexity index is 1220. The van der Waals surface area contributed by atoms with E-state index in [4.69, 9.17) is 33.8 Å². The van der Waals surface area contributed by atoms with Gasteiger partial charge in [0.2, 0.25) is 5.88 Å². The molecule has 0 saturated heterocycles. The molecule has 3 aromatic rings. The minimum absolute atomic E-state index is 0.0611. The van der Waals surface area contributed by atoms with Crippen molar-refractivity contribution in [2.75, 3.05) is 5.84 Å². The Morgan fingerprint density at radius 1 is 1.10 bits per heavy atom. The zero-order valence-electron chi connectivity index (χ0n) is 13.9. The summed E-state index contributed by atoms with van der Waals surface area (Å²) in [6.45, 7) is 0. The number of halogens is 6. The maximum absolute atomic E-state index is 14.4. The van der Waals surface area contributed by atoms with E-state index >= 15 is 0 Å². The predicted octanol–water partition coefficient (Wildman–Crippen LogP) is 3.37. The van der Waals surface area contributed by atoms with E-state index in [0.29, 0.717) is 6.07 Å². The van der Waals surface area contributed by atoms with Crippen LogP contribution in [0.2, 0.25) is 10.0 Å². The molecular formula is C16H8Cl2F4N4O3. The minimum atomic E-state index is -5.07. The Morgan fingerprint density at radius 3 is 2.41 bits per heavy atom. The summed E-state index contributed by atoms with van der Waals surface area (Å²) in [5, 5.41) is -0.202. The number of rotatable bonds is 3. The monoisotopic (exact) mass is 450 g/mol. The molecule has 13 heteroatoms. The first kappa shape index (κ1) is 20.7. The number of aromatic nitrogens is 3. The lowest BCUT2D eigenvalue weighted by Crippen LogP contribution is -2.45. The van der Waals surface area contributed by atoms with E-state index in [1.54, 1.807) is 0 Å². The summed E-state index contributed by atoms with van der Waals surface area (Å²) in [5.41, 5.74) is -5.53. The van der Waals surface area contributed by atoms with Crippen molar-refractivity contribution in [2.24, 2.45) is 0 Å². The second-order valence-corrected chi connectivity index (χ2v) is 6.29. The van der Waals surface area contributed by atoms with Gasteiger partial charge in [0.15, 0.2) is 5.69 Å². The third-order valence-electron chi connectivity index (χ3n) is 3.60. The summed E-state index contributed by atoms with van der Waals surface area (Å²) in [5.74, 6) is 3.58. The Hall–Kier alpha value is -3.05. The largest absolute Gasteiger partial charge is 0.436 e. The normalized spacial score (nSPS) is 11.5. The number of pyridine rings is 1. The van der Waals surface area contributed by atoms with E-state index in [0.717, 1.165) is 6.07 Å². The average molecular weight is 451 g/mol. The molecular weight excluding hydrogens is 443 g/mol. The summed E-state index contributed by atoms with van der Waals surface area (Å²) >= 11 is 11.8. The fraction of sp³-hybridized carbons (Fsp3) is 0.0625. The van der Waals surface area contributed by atoms with Crippen LogP contribution in [0.25, 0.3) is 5.69 Å². The molecule has 0 amide bonds. The minimum Gasteiger partial charge on any atom is -0.436 e. The van der Waals surface area contributed by atoms with Gasteiger partial charge in [-0.3, -0.25) is 4.79 Å². The van der Waals surface area contributed by atoms with Gasteiger partial charge in [0.25, 0.3) is 5.56 Å². The van der Waals surface area contributed by atoms with Crippen LogP contribution in [0.1, 0.15) is 5.69 Å². The topological polar surface area (TPSA) is 92.1 Å². The zero-order valence-corrected chi connectivity index (χ0v) is 15.4. The third-order valence-corrected chi connectivity index (χ3v) is 4.18. The van der Waals surface area contributed by atoms with E-state index < -0.39 is 34.6 Å². The average Bonchev–Trinajstić information content (AvgIpc) is 2.62. The van der Waals surface area contributed by atoms with Gasteiger partial charge < -0.3 is 10.6 Å². The smallest absolute Gasteiger partial charge is 0.433 e. The van der Waals surface area contributed by atoms with Crippen LogP contribution in [-0.2, 0) is 6.18 Å². The summed E-state index contributed by atoms with van der Waals surface area (Å²) < 4.78 is 58.3. The standard InChI is InChI=1S/C16H8Cl2F4N4O3/c17-7-2-1-3-24-14(7)29-11-5-10(9(19)4-8(11)18)25-13(27)6-12(16(20,21)22)26(23)15(25)28/h1-6H,23H2. The van der Waals surface area contributed by atoms with E-state index in [1.807, 2.05) is 0 Å². The van der Waals surface area contributed by atoms with Crippen LogP contribution in [0.5, 0.6) is 11.6 Å². The van der Waals surface area contributed by atoms with Crippen LogP contribution in [0.15, 0.2) is 46.1 Å². The van der Waals surface area contributed by atoms with Crippen molar-refractivity contribution in [1.82, 2.24) is 14.2 Å². The Balaban J connectivity index is 2.20. The number of alkyl halides is 3. The molecule has 2 heterocycles. The van der Waals surface area contributed by atoms with Crippen molar-refractivity contribution >= 4 is 23.2 Å². The molecule has 7 nitrogen and oxygen atoms in total. The number of nitrogens with zero attached hydrogens (tertiary/aromatic N) is 3. The molecule has 0 saturated carbocycles. The van der Waals surface area contributed by atoms with Crippen LogP contribution in [0, 0.1) is 5.82 Å². The van der Waals surface area contributed by atoms with Crippen LogP contribution in [-0.4, -0.2) is 14.2 Å². The van der Waals surface area contributed by atoms with Gasteiger partial charge in [-0.25, -0.2) is 23.4 Å². The van der Waals surface area contributed by atoms with Crippen LogP contribution >= 0.6 is 23.2 Å². The SMILES string of the molecule is Nn1c(C(F)(F)F)cc(=O)n(-c2cc(Oc3ncccc3Cl)c(Cl)cc2F)c1=O. The molecule has 2 N–H and O–H groups in total. The van der Waals surface area contributed by atoms with E-state index in [1.165, 1.54) is 18.3 Å². The number of nitrogen functional groups attached to an aromatic ring is 1. The highest BCUT2D eigenvalue weighted by atomic mass is 35.5. The first-order valence-corrected chi connectivity index (χ1v) is 8.25. The lowest BCUT2D eigenvalue weighted by atomic mass is 10.2. The van der Waals surface area contributed by atoms with E-state index in [-0.39, 0.29) is 37.0 Å². The third kappa shape index (κ3) is 3.91. The molecule has 0 aliphatic carbocycles. The van der Waals surface area contributed by atoms with Gasteiger partial charge >= 0.3 is 11.9 Å². The number of ether oxygens (including phenoxy) is 1. The van der Waals surface area contributed by atoms with Crippen LogP contribution in [0.3, 0.4) is 0 Å². The van der Waals surface area contributed by atoms with Crippen LogP contribution in [0.4, 0.5) is 17.6 Å². The maximum Gasteiger partial charge on any atom is 0.433 e. The first-order valence-electron chi connectivity index (χ1n) is 7.50. The van der Waals surface area contributed by atoms with E-state index in [9.17, 15) is 27.2 Å². The fourth-order valence-electron chi connectivity index (χ4n) is 2.31. The Labute approximate surface area is 168 Å². The van der Waals surface area contributed by atoms with Gasteiger partial charge in [-0.05, 0) is 18.2 Å². The molecule has 0 unspecified atom stereocenters. The van der Waals surface area contributed by atoms with Crippen molar-refractivity contribution < 1.29 is 22.3 Å². The second kappa shape index (κ2) is 7.41.